The number of nitrogens with one attached hydrogen (secondary N) is 2. The molecule has 0 radical (unpaired) electrons. The van der Waals surface area contributed by atoms with Crippen molar-refractivity contribution in [2.45, 2.75) is 26.3 Å². The van der Waals surface area contributed by atoms with E-state index < -0.39 is 0 Å². The van der Waals surface area contributed by atoms with Crippen LogP contribution in [0.25, 0.3) is 0 Å². The van der Waals surface area contributed by atoms with Gasteiger partial charge in [0.05, 0.1) is 12.1 Å². The molecule has 3 aromatic rings. The number of hydrogen-bond acceptors (Lipinski definition) is 5. The molecule has 6 nitrogen and oxygen atoms in total. The normalized spacial score (nSPS) is 13.2. The van der Waals surface area contributed by atoms with Crippen molar-refractivity contribution >= 4 is 29.0 Å². The fourth-order valence-electron chi connectivity index (χ4n) is 3.17. The van der Waals surface area contributed by atoms with E-state index in [1.165, 1.54) is 0 Å². The van der Waals surface area contributed by atoms with Crippen LogP contribution in [0.2, 0.25) is 10.0 Å². The van der Waals surface area contributed by atoms with Gasteiger partial charge in [0.1, 0.15) is 17.1 Å². The maximum atomic E-state index is 12.8. The summed E-state index contributed by atoms with van der Waals surface area (Å²) in [4.78, 5) is 17.3. The molecule has 144 valence electrons. The lowest BCUT2D eigenvalue weighted by Gasteiger charge is -2.16. The number of aromatic amines is 1. The van der Waals surface area contributed by atoms with E-state index >= 15 is 0 Å². The highest BCUT2D eigenvalue weighted by atomic mass is 35.5. The Labute approximate surface area is 172 Å². The maximum absolute atomic E-state index is 12.8. The Bertz CT molecular complexity index is 1030. The molecule has 1 aromatic carbocycles. The van der Waals surface area contributed by atoms with E-state index in [-0.39, 0.29) is 12.2 Å². The summed E-state index contributed by atoms with van der Waals surface area (Å²) in [6.45, 7) is 3.48. The second-order valence-electron chi connectivity index (χ2n) is 6.66. The molecule has 0 saturated heterocycles. The second-order valence-corrected chi connectivity index (χ2v) is 7.53. The molecule has 0 saturated carbocycles. The monoisotopic (exact) mass is 416 g/mol. The van der Waals surface area contributed by atoms with Crippen molar-refractivity contribution in [1.29, 1.82) is 0 Å². The lowest BCUT2D eigenvalue weighted by Crippen LogP contribution is -2.25. The van der Waals surface area contributed by atoms with Gasteiger partial charge in [-0.1, -0.05) is 29.3 Å². The number of halogens is 2. The first-order valence-corrected chi connectivity index (χ1v) is 9.65. The predicted octanol–water partition coefficient (Wildman–Crippen LogP) is 4.28. The molecule has 0 fully saturated rings. The van der Waals surface area contributed by atoms with Crippen LogP contribution in [-0.4, -0.2) is 27.5 Å². The number of carbonyl (C=O) groups excluding carboxylic acids is 1. The molecule has 1 aliphatic rings. The number of pyridine rings is 1. The Balaban J connectivity index is 1.56. The first kappa shape index (κ1) is 18.9. The highest BCUT2D eigenvalue weighted by Gasteiger charge is 2.20. The molecule has 0 atom stereocenters. The van der Waals surface area contributed by atoms with Crippen LogP contribution in [0.5, 0.6) is 11.5 Å². The Morgan fingerprint density at radius 3 is 2.79 bits per heavy atom. The number of ether oxygens (including phenoxy) is 1. The molecular formula is C20H18Cl2N4O2. The van der Waals surface area contributed by atoms with Crippen LogP contribution in [0.1, 0.15) is 33.1 Å². The van der Waals surface area contributed by atoms with Gasteiger partial charge < -0.3 is 10.1 Å². The summed E-state index contributed by atoms with van der Waals surface area (Å²) < 4.78 is 5.93. The Morgan fingerprint density at radius 2 is 2.00 bits per heavy atom. The number of aromatic nitrogens is 3. The third kappa shape index (κ3) is 4.04. The fraction of sp³-hybridized carbons (Fsp3) is 0.250. The number of nitrogens with zero attached hydrogens (tertiary/aromatic N) is 2. The molecule has 0 aliphatic carbocycles. The van der Waals surface area contributed by atoms with Crippen LogP contribution in [0.15, 0.2) is 30.3 Å². The molecule has 0 spiro atoms. The highest BCUT2D eigenvalue weighted by Crippen LogP contribution is 2.32. The largest absolute Gasteiger partial charge is 0.453 e. The summed E-state index contributed by atoms with van der Waals surface area (Å²) in [5.74, 6) is 0.866. The van der Waals surface area contributed by atoms with Gasteiger partial charge in [-0.3, -0.25) is 9.89 Å². The Kier molecular flexibility index (Phi) is 5.35. The summed E-state index contributed by atoms with van der Waals surface area (Å²) >= 11 is 12.1. The third-order valence-electron chi connectivity index (χ3n) is 4.55. The second kappa shape index (κ2) is 7.91. The van der Waals surface area contributed by atoms with Crippen molar-refractivity contribution in [3.8, 4) is 11.5 Å². The summed E-state index contributed by atoms with van der Waals surface area (Å²) in [7, 11) is 0. The molecule has 3 heterocycles. The number of H-pyrrole nitrogens is 1. The van der Waals surface area contributed by atoms with Crippen LogP contribution < -0.4 is 10.1 Å². The van der Waals surface area contributed by atoms with Gasteiger partial charge in [-0.2, -0.15) is 5.10 Å². The van der Waals surface area contributed by atoms with Gasteiger partial charge in [0.25, 0.3) is 0 Å². The number of rotatable bonds is 5. The maximum Gasteiger partial charge on any atom is 0.187 e. The number of Topliss-reactive ketones (excluding diaryl/α,β-unsaturated/α-hetero) is 1. The molecule has 0 unspecified atom stereocenters. The van der Waals surface area contributed by atoms with Crippen LogP contribution >= 0.6 is 23.2 Å². The number of ketones is 1. The van der Waals surface area contributed by atoms with E-state index in [1.54, 1.807) is 24.3 Å². The zero-order valence-corrected chi connectivity index (χ0v) is 16.7. The van der Waals surface area contributed by atoms with Gasteiger partial charge in [-0.05, 0) is 36.8 Å². The molecule has 0 amide bonds. The third-order valence-corrected chi connectivity index (χ3v) is 4.99. The van der Waals surface area contributed by atoms with Gasteiger partial charge in [0, 0.05) is 35.2 Å². The lowest BCUT2D eigenvalue weighted by molar-refractivity contribution is 0.0986. The topological polar surface area (TPSA) is 79.9 Å². The van der Waals surface area contributed by atoms with Gasteiger partial charge >= 0.3 is 0 Å². The van der Waals surface area contributed by atoms with Crippen molar-refractivity contribution in [2.24, 2.45) is 0 Å². The first-order chi connectivity index (χ1) is 13.5. The van der Waals surface area contributed by atoms with Crippen molar-refractivity contribution in [3.05, 3.63) is 68.7 Å². The number of aryl methyl sites for hydroxylation is 1. The average Bonchev–Trinajstić information content (AvgIpc) is 3.00. The summed E-state index contributed by atoms with van der Waals surface area (Å²) in [6, 6.07) is 8.67. The van der Waals surface area contributed by atoms with E-state index in [0.29, 0.717) is 38.6 Å². The van der Waals surface area contributed by atoms with Crippen molar-refractivity contribution in [1.82, 2.24) is 20.5 Å². The SMILES string of the molecule is Cc1[nH]nc(CC(=O)c2ccc3c(n2)CCNC3)c1Oc1cc(Cl)cc(Cl)c1. The smallest absolute Gasteiger partial charge is 0.187 e. The Morgan fingerprint density at radius 1 is 1.21 bits per heavy atom. The minimum atomic E-state index is -0.109. The summed E-state index contributed by atoms with van der Waals surface area (Å²) in [5, 5.41) is 11.3. The highest BCUT2D eigenvalue weighted by molar-refractivity contribution is 6.34. The van der Waals surface area contributed by atoms with E-state index in [4.69, 9.17) is 27.9 Å². The molecule has 8 heteroatoms. The van der Waals surface area contributed by atoms with E-state index in [2.05, 4.69) is 20.5 Å². The van der Waals surface area contributed by atoms with E-state index in [9.17, 15) is 4.79 Å². The van der Waals surface area contributed by atoms with Crippen molar-refractivity contribution in [3.63, 3.8) is 0 Å². The molecule has 2 aromatic heterocycles. The molecule has 0 bridgehead atoms. The minimum Gasteiger partial charge on any atom is -0.453 e. The number of hydrogen-bond donors (Lipinski definition) is 2. The molecule has 2 N–H and O–H groups in total. The molecule has 1 aliphatic heterocycles. The Hall–Kier alpha value is -2.41. The van der Waals surface area contributed by atoms with Gasteiger partial charge in [0.2, 0.25) is 0 Å². The quantitative estimate of drug-likeness (QED) is 0.606. The van der Waals surface area contributed by atoms with E-state index in [1.807, 2.05) is 13.0 Å². The first-order valence-electron chi connectivity index (χ1n) is 8.90. The number of carbonyl (C=O) groups is 1. The molecule has 28 heavy (non-hydrogen) atoms. The number of benzene rings is 1. The average molecular weight is 417 g/mol. The predicted molar refractivity (Wildman–Crippen MR) is 108 cm³/mol. The lowest BCUT2D eigenvalue weighted by atomic mass is 10.0. The summed E-state index contributed by atoms with van der Waals surface area (Å²) in [6.07, 6.45) is 0.903. The van der Waals surface area contributed by atoms with Crippen LogP contribution in [-0.2, 0) is 19.4 Å². The van der Waals surface area contributed by atoms with Gasteiger partial charge in [-0.25, -0.2) is 4.98 Å². The van der Waals surface area contributed by atoms with Crippen molar-refractivity contribution in [2.75, 3.05) is 6.54 Å². The van der Waals surface area contributed by atoms with Crippen LogP contribution in [0.3, 0.4) is 0 Å². The van der Waals surface area contributed by atoms with Crippen LogP contribution in [0.4, 0.5) is 0 Å². The minimum absolute atomic E-state index is 0.0814. The van der Waals surface area contributed by atoms with Gasteiger partial charge in [-0.15, -0.1) is 0 Å². The number of fused-ring (bicyclic) bond motifs is 1. The molecule has 4 rings (SSSR count). The zero-order valence-electron chi connectivity index (χ0n) is 15.2. The zero-order chi connectivity index (χ0) is 19.7. The standard InChI is InChI=1S/C20H18Cl2N4O2/c1-11-20(28-15-7-13(21)6-14(22)8-15)18(26-25-11)9-19(27)17-3-2-12-10-23-5-4-16(12)24-17/h2-3,6-8,23H,4-5,9-10H2,1H3,(H,25,26). The van der Waals surface area contributed by atoms with Crippen LogP contribution in [0, 0.1) is 6.92 Å². The fourth-order valence-corrected chi connectivity index (χ4v) is 3.67. The van der Waals surface area contributed by atoms with E-state index in [0.717, 1.165) is 30.8 Å². The van der Waals surface area contributed by atoms with Crippen molar-refractivity contribution < 1.29 is 9.53 Å². The summed E-state index contributed by atoms with van der Waals surface area (Å²) in [5.41, 5.74) is 3.79. The molecular weight excluding hydrogens is 399 g/mol. The van der Waals surface area contributed by atoms with Gasteiger partial charge in [0.15, 0.2) is 11.5 Å².